The summed E-state index contributed by atoms with van der Waals surface area (Å²) >= 11 is 12.3. The molecule has 0 saturated heterocycles. The summed E-state index contributed by atoms with van der Waals surface area (Å²) in [5.74, 6) is 0.464. The van der Waals surface area contributed by atoms with E-state index in [2.05, 4.69) is 30.5 Å². The summed E-state index contributed by atoms with van der Waals surface area (Å²) < 4.78 is 0. The Morgan fingerprint density at radius 3 is 2.33 bits per heavy atom. The van der Waals surface area contributed by atoms with E-state index in [-0.39, 0.29) is 10.5 Å². The predicted octanol–water partition coefficient (Wildman–Crippen LogP) is 3.98. The quantitative estimate of drug-likeness (QED) is 0.475. The largest absolute Gasteiger partial charge is 0.264 e. The molecule has 2 aliphatic heterocycles. The number of hydrazone groups is 1. The van der Waals surface area contributed by atoms with Crippen molar-refractivity contribution < 1.29 is 0 Å². The van der Waals surface area contributed by atoms with Crippen molar-refractivity contribution in [3.63, 3.8) is 0 Å². The molecule has 0 radical (unpaired) electrons. The Kier molecular flexibility index (Phi) is 5.09. The van der Waals surface area contributed by atoms with Crippen LogP contribution in [-0.2, 0) is 0 Å². The van der Waals surface area contributed by atoms with Crippen LogP contribution in [-0.4, -0.2) is 28.4 Å². The third-order valence-electron chi connectivity index (χ3n) is 3.98. The maximum absolute atomic E-state index is 6.30. The monoisotopic (exact) mass is 396 g/mol. The van der Waals surface area contributed by atoms with Gasteiger partial charge in [-0.2, -0.15) is 5.10 Å². The lowest BCUT2D eigenvalue weighted by molar-refractivity contribution is 0.732. The molecule has 6 nitrogen and oxygen atoms in total. The molecule has 2 aromatic carbocycles. The van der Waals surface area contributed by atoms with Gasteiger partial charge in [0.2, 0.25) is 5.29 Å². The fourth-order valence-electron chi connectivity index (χ4n) is 2.72. The molecular formula is C19H14Cl2N6. The highest BCUT2D eigenvalue weighted by Crippen LogP contribution is 2.29. The second kappa shape index (κ2) is 7.82. The third kappa shape index (κ3) is 3.97. The molecule has 0 amide bonds. The molecule has 1 N–H and O–H groups in total. The number of hydrogen-bond donors (Lipinski definition) is 1. The van der Waals surface area contributed by atoms with Crippen molar-refractivity contribution in [3.8, 4) is 0 Å². The Hall–Kier alpha value is -2.83. The molecule has 0 aromatic heterocycles. The van der Waals surface area contributed by atoms with Gasteiger partial charge in [-0.05, 0) is 22.7 Å². The molecule has 134 valence electrons. The Labute approximate surface area is 166 Å². The van der Waals surface area contributed by atoms with Gasteiger partial charge in [0, 0.05) is 0 Å². The highest BCUT2D eigenvalue weighted by molar-refractivity contribution is 6.76. The van der Waals surface area contributed by atoms with Gasteiger partial charge in [0.1, 0.15) is 22.8 Å². The van der Waals surface area contributed by atoms with E-state index < -0.39 is 12.1 Å². The van der Waals surface area contributed by atoms with Crippen LogP contribution in [0.3, 0.4) is 0 Å². The van der Waals surface area contributed by atoms with E-state index in [1.807, 2.05) is 60.7 Å². The zero-order chi connectivity index (χ0) is 18.6. The normalized spacial score (nSPS) is 21.7. The maximum Gasteiger partial charge on any atom is 0.225 e. The van der Waals surface area contributed by atoms with Crippen molar-refractivity contribution in [1.29, 1.82) is 0 Å². The van der Waals surface area contributed by atoms with Crippen molar-refractivity contribution in [2.24, 2.45) is 31.0 Å². The number of nitrogens with one attached hydrogen (secondary N) is 1. The second-order valence-corrected chi connectivity index (χ2v) is 6.54. The maximum atomic E-state index is 6.30. The van der Waals surface area contributed by atoms with E-state index in [4.69, 9.17) is 23.2 Å². The fourth-order valence-corrected chi connectivity index (χ4v) is 3.22. The van der Waals surface area contributed by atoms with E-state index in [9.17, 15) is 0 Å². The van der Waals surface area contributed by atoms with Gasteiger partial charge in [0.05, 0.1) is 6.21 Å². The standard InChI is InChI=1S/C19H14Cl2N6/c20-15-14-17(26-19(21)23-15)24-16(13-9-5-2-6-10-13)25-18(14)27-22-11-12-7-3-1-4-8-12/h1-11,14,16H,(H,25,27)/b22-11+. The van der Waals surface area contributed by atoms with Crippen molar-refractivity contribution in [1.82, 2.24) is 5.43 Å². The number of halogens is 2. The number of nitrogens with zero attached hydrogens (tertiary/aromatic N) is 5. The Morgan fingerprint density at radius 1 is 0.889 bits per heavy atom. The molecule has 2 aromatic rings. The Morgan fingerprint density at radius 2 is 1.59 bits per heavy atom. The van der Waals surface area contributed by atoms with E-state index in [0.717, 1.165) is 11.1 Å². The zero-order valence-corrected chi connectivity index (χ0v) is 15.5. The molecule has 4 rings (SSSR count). The number of hydrogen-bond acceptors (Lipinski definition) is 6. The molecule has 2 aliphatic rings. The van der Waals surface area contributed by atoms with Crippen molar-refractivity contribution in [2.75, 3.05) is 0 Å². The molecule has 0 bridgehead atoms. The van der Waals surface area contributed by atoms with Crippen LogP contribution >= 0.6 is 23.2 Å². The smallest absolute Gasteiger partial charge is 0.225 e. The van der Waals surface area contributed by atoms with Gasteiger partial charge in [-0.1, -0.05) is 72.3 Å². The van der Waals surface area contributed by atoms with E-state index in [0.29, 0.717) is 11.7 Å². The van der Waals surface area contributed by atoms with Crippen molar-refractivity contribution in [3.05, 3.63) is 71.8 Å². The summed E-state index contributed by atoms with van der Waals surface area (Å²) in [5.41, 5.74) is 4.86. The lowest BCUT2D eigenvalue weighted by atomic mass is 10.0. The number of amidine groups is 3. The van der Waals surface area contributed by atoms with Gasteiger partial charge in [-0.3, -0.25) is 5.43 Å². The molecule has 2 unspecified atom stereocenters. The lowest BCUT2D eigenvalue weighted by Crippen LogP contribution is -2.41. The minimum Gasteiger partial charge on any atom is -0.264 e. The summed E-state index contributed by atoms with van der Waals surface area (Å²) in [4.78, 5) is 17.5. The molecule has 0 spiro atoms. The fraction of sp³-hybridized carbons (Fsp3) is 0.105. The first-order chi connectivity index (χ1) is 13.2. The predicted molar refractivity (Wildman–Crippen MR) is 111 cm³/mol. The molecular weight excluding hydrogens is 383 g/mol. The minimum absolute atomic E-state index is 0.0517. The summed E-state index contributed by atoms with van der Waals surface area (Å²) in [6, 6.07) is 19.4. The topological polar surface area (TPSA) is 73.8 Å². The first kappa shape index (κ1) is 17.6. The SMILES string of the molecule is ClC1=NC2=NC(c3ccccc3)N=C(N/N=C/c3ccccc3)C2C(Cl)=N1. The van der Waals surface area contributed by atoms with Crippen LogP contribution in [0.2, 0.25) is 0 Å². The summed E-state index contributed by atoms with van der Waals surface area (Å²) in [7, 11) is 0. The van der Waals surface area contributed by atoms with Crippen LogP contribution in [0.25, 0.3) is 0 Å². The Bertz CT molecular complexity index is 980. The highest BCUT2D eigenvalue weighted by atomic mass is 35.5. The molecule has 8 heteroatoms. The zero-order valence-electron chi connectivity index (χ0n) is 14.0. The van der Waals surface area contributed by atoms with Crippen LogP contribution in [0.5, 0.6) is 0 Å². The number of benzene rings is 2. The van der Waals surface area contributed by atoms with Gasteiger partial charge >= 0.3 is 0 Å². The van der Waals surface area contributed by atoms with Gasteiger partial charge in [-0.15, -0.1) is 0 Å². The minimum atomic E-state index is -0.512. The number of fused-ring (bicyclic) bond motifs is 1. The first-order valence-electron chi connectivity index (χ1n) is 8.23. The molecule has 0 fully saturated rings. The summed E-state index contributed by atoms with van der Waals surface area (Å²) in [6.45, 7) is 0. The van der Waals surface area contributed by atoms with Crippen LogP contribution in [0.4, 0.5) is 0 Å². The summed E-state index contributed by atoms with van der Waals surface area (Å²) in [5, 5.41) is 4.59. The lowest BCUT2D eigenvalue weighted by Gasteiger charge is -2.26. The second-order valence-electron chi connectivity index (χ2n) is 5.82. The van der Waals surface area contributed by atoms with Crippen LogP contribution in [0.15, 0.2) is 85.7 Å². The van der Waals surface area contributed by atoms with E-state index in [1.54, 1.807) is 6.21 Å². The van der Waals surface area contributed by atoms with Gasteiger partial charge in [0.15, 0.2) is 6.17 Å². The molecule has 27 heavy (non-hydrogen) atoms. The van der Waals surface area contributed by atoms with Crippen molar-refractivity contribution in [2.45, 2.75) is 6.17 Å². The van der Waals surface area contributed by atoms with Gasteiger partial charge in [-0.25, -0.2) is 20.0 Å². The van der Waals surface area contributed by atoms with Crippen LogP contribution in [0, 0.1) is 5.92 Å². The Balaban J connectivity index is 1.65. The first-order valence-corrected chi connectivity index (χ1v) is 8.99. The molecule has 0 saturated carbocycles. The summed E-state index contributed by atoms with van der Waals surface area (Å²) in [6.07, 6.45) is 1.25. The van der Waals surface area contributed by atoms with E-state index >= 15 is 0 Å². The number of aliphatic imine (C=N–C) groups is 4. The third-order valence-corrected chi connectivity index (χ3v) is 4.45. The van der Waals surface area contributed by atoms with Crippen LogP contribution < -0.4 is 5.43 Å². The molecule has 0 aliphatic carbocycles. The van der Waals surface area contributed by atoms with Gasteiger partial charge in [0.25, 0.3) is 0 Å². The van der Waals surface area contributed by atoms with Crippen LogP contribution in [0.1, 0.15) is 17.3 Å². The average molecular weight is 397 g/mol. The van der Waals surface area contributed by atoms with Crippen molar-refractivity contribution >= 4 is 51.6 Å². The number of rotatable bonds is 3. The average Bonchev–Trinajstić information content (AvgIpc) is 2.68. The highest BCUT2D eigenvalue weighted by Gasteiger charge is 2.35. The molecule has 2 heterocycles. The molecule has 2 atom stereocenters. The van der Waals surface area contributed by atoms with Gasteiger partial charge < -0.3 is 0 Å². The van der Waals surface area contributed by atoms with E-state index in [1.165, 1.54) is 0 Å².